The molecule has 21 heavy (non-hydrogen) atoms. The van der Waals surface area contributed by atoms with Gasteiger partial charge in [0, 0.05) is 21.6 Å². The molecular weight excluding hydrogens is 281 g/mol. The molecule has 2 unspecified atom stereocenters. The van der Waals surface area contributed by atoms with Crippen molar-refractivity contribution in [3.8, 4) is 0 Å². The summed E-state index contributed by atoms with van der Waals surface area (Å²) in [4.78, 5) is 14.6. The van der Waals surface area contributed by atoms with Gasteiger partial charge in [0.05, 0.1) is 12.1 Å². The fourth-order valence-corrected chi connectivity index (χ4v) is 3.64. The minimum Gasteiger partial charge on any atom is -0.361 e. The maximum absolute atomic E-state index is 12.6. The standard InChI is InChI=1S/C17H26NO2P/c1-10-7-8-14(12(3)11(10)2)18-15(19)9-17(5,6)16(18)13(4)20-21/h7-8,13,16H,9,21H2,1-6H3/t13?,16-/m0/s1. The van der Waals surface area contributed by atoms with Crippen LogP contribution in [0.25, 0.3) is 0 Å². The van der Waals surface area contributed by atoms with Crippen molar-refractivity contribution in [2.75, 3.05) is 4.90 Å². The molecule has 3 nitrogen and oxygen atoms in total. The van der Waals surface area contributed by atoms with Gasteiger partial charge >= 0.3 is 0 Å². The Bertz CT molecular complexity index is 568. The van der Waals surface area contributed by atoms with E-state index in [9.17, 15) is 4.79 Å². The molecule has 1 aliphatic heterocycles. The van der Waals surface area contributed by atoms with E-state index in [1.54, 1.807) is 0 Å². The number of nitrogens with zero attached hydrogens (tertiary/aromatic N) is 1. The maximum atomic E-state index is 12.6. The first kappa shape index (κ1) is 16.5. The molecule has 3 atom stereocenters. The average Bonchev–Trinajstić information content (AvgIpc) is 2.65. The van der Waals surface area contributed by atoms with Gasteiger partial charge in [0.15, 0.2) is 0 Å². The lowest BCUT2D eigenvalue weighted by atomic mass is 9.82. The lowest BCUT2D eigenvalue weighted by Crippen LogP contribution is -2.46. The Hall–Kier alpha value is -0.920. The molecule has 0 spiro atoms. The number of benzene rings is 1. The van der Waals surface area contributed by atoms with Crippen LogP contribution in [0.15, 0.2) is 12.1 Å². The Morgan fingerprint density at radius 1 is 1.29 bits per heavy atom. The number of rotatable bonds is 3. The second-order valence-corrected chi connectivity index (χ2v) is 7.14. The van der Waals surface area contributed by atoms with Gasteiger partial charge in [-0.3, -0.25) is 4.79 Å². The van der Waals surface area contributed by atoms with Crippen molar-refractivity contribution in [1.82, 2.24) is 0 Å². The zero-order valence-electron chi connectivity index (χ0n) is 13.9. The van der Waals surface area contributed by atoms with Crippen LogP contribution in [0.4, 0.5) is 5.69 Å². The van der Waals surface area contributed by atoms with Crippen molar-refractivity contribution < 1.29 is 9.32 Å². The van der Waals surface area contributed by atoms with Crippen molar-refractivity contribution in [3.05, 3.63) is 28.8 Å². The molecule has 1 aliphatic rings. The lowest BCUT2D eigenvalue weighted by Gasteiger charge is -2.37. The van der Waals surface area contributed by atoms with Gasteiger partial charge in [-0.25, -0.2) is 0 Å². The second-order valence-electron chi connectivity index (χ2n) is 6.87. The van der Waals surface area contributed by atoms with Gasteiger partial charge in [-0.2, -0.15) is 0 Å². The van der Waals surface area contributed by atoms with Crippen LogP contribution in [-0.4, -0.2) is 18.1 Å². The highest BCUT2D eigenvalue weighted by atomic mass is 31.0. The smallest absolute Gasteiger partial charge is 0.227 e. The van der Waals surface area contributed by atoms with Crippen LogP contribution in [0.3, 0.4) is 0 Å². The molecule has 4 heteroatoms. The normalized spacial score (nSPS) is 22.7. The number of anilines is 1. The highest BCUT2D eigenvalue weighted by Gasteiger charge is 2.49. The number of hydrogen-bond donors (Lipinski definition) is 0. The van der Waals surface area contributed by atoms with E-state index in [-0.39, 0.29) is 23.5 Å². The predicted octanol–water partition coefficient (Wildman–Crippen LogP) is 3.94. The molecular formula is C17H26NO2P. The quantitative estimate of drug-likeness (QED) is 0.792. The third-order valence-electron chi connectivity index (χ3n) is 4.90. The van der Waals surface area contributed by atoms with Crippen molar-refractivity contribution in [3.63, 3.8) is 0 Å². The lowest BCUT2D eigenvalue weighted by molar-refractivity contribution is -0.117. The highest BCUT2D eigenvalue weighted by molar-refractivity contribution is 7.09. The zero-order valence-corrected chi connectivity index (χ0v) is 15.0. The van der Waals surface area contributed by atoms with Gasteiger partial charge < -0.3 is 9.42 Å². The topological polar surface area (TPSA) is 29.5 Å². The van der Waals surface area contributed by atoms with Gasteiger partial charge in [-0.1, -0.05) is 19.9 Å². The summed E-state index contributed by atoms with van der Waals surface area (Å²) in [6.45, 7) is 12.6. The Balaban J connectivity index is 2.55. The van der Waals surface area contributed by atoms with E-state index in [1.807, 2.05) is 11.8 Å². The van der Waals surface area contributed by atoms with Crippen molar-refractivity contribution in [2.24, 2.45) is 5.41 Å². The summed E-state index contributed by atoms with van der Waals surface area (Å²) < 4.78 is 5.49. The van der Waals surface area contributed by atoms with Crippen LogP contribution in [0.5, 0.6) is 0 Å². The maximum Gasteiger partial charge on any atom is 0.227 e. The molecule has 1 heterocycles. The Morgan fingerprint density at radius 3 is 2.48 bits per heavy atom. The molecule has 0 N–H and O–H groups in total. The summed E-state index contributed by atoms with van der Waals surface area (Å²) in [6, 6.07) is 4.21. The van der Waals surface area contributed by atoms with E-state index in [0.29, 0.717) is 6.42 Å². The molecule has 0 radical (unpaired) electrons. The summed E-state index contributed by atoms with van der Waals surface area (Å²) >= 11 is 0. The van der Waals surface area contributed by atoms with E-state index in [1.165, 1.54) is 16.7 Å². The van der Waals surface area contributed by atoms with Gasteiger partial charge in [0.2, 0.25) is 5.91 Å². The van der Waals surface area contributed by atoms with Crippen LogP contribution in [-0.2, 0) is 9.32 Å². The minimum absolute atomic E-state index is 0.0301. The Morgan fingerprint density at radius 2 is 1.90 bits per heavy atom. The number of carbonyl (C=O) groups is 1. The van der Waals surface area contributed by atoms with Crippen molar-refractivity contribution in [2.45, 2.75) is 60.1 Å². The van der Waals surface area contributed by atoms with E-state index >= 15 is 0 Å². The summed E-state index contributed by atoms with van der Waals surface area (Å²) in [5, 5.41) is 0. The summed E-state index contributed by atoms with van der Waals surface area (Å²) in [5.74, 6) is 0.185. The molecule has 2 rings (SSSR count). The van der Waals surface area contributed by atoms with Crippen molar-refractivity contribution in [1.29, 1.82) is 0 Å². The van der Waals surface area contributed by atoms with Gasteiger partial charge in [0.1, 0.15) is 0 Å². The molecule has 1 saturated heterocycles. The third-order valence-corrected chi connectivity index (χ3v) is 5.33. The zero-order chi connectivity index (χ0) is 15.9. The van der Waals surface area contributed by atoms with E-state index in [0.717, 1.165) is 5.69 Å². The summed E-state index contributed by atoms with van der Waals surface area (Å²) in [6.07, 6.45) is 0.528. The molecule has 0 aromatic heterocycles. The molecule has 0 saturated carbocycles. The minimum atomic E-state index is -0.0989. The van der Waals surface area contributed by atoms with Crippen LogP contribution in [0.2, 0.25) is 0 Å². The number of amides is 1. The molecule has 0 bridgehead atoms. The van der Waals surface area contributed by atoms with E-state index in [4.69, 9.17) is 4.52 Å². The largest absolute Gasteiger partial charge is 0.361 e. The number of carbonyl (C=O) groups excluding carboxylic acids is 1. The molecule has 1 amide bonds. The van der Waals surface area contributed by atoms with Crippen molar-refractivity contribution >= 4 is 21.1 Å². The fraction of sp³-hybridized carbons (Fsp3) is 0.588. The Labute approximate surface area is 130 Å². The first-order valence-corrected chi connectivity index (χ1v) is 7.92. The van der Waals surface area contributed by atoms with Crippen LogP contribution in [0, 0.1) is 26.2 Å². The summed E-state index contributed by atoms with van der Waals surface area (Å²) in [5.41, 5.74) is 4.62. The van der Waals surface area contributed by atoms with E-state index in [2.05, 4.69) is 56.2 Å². The van der Waals surface area contributed by atoms with Crippen LogP contribution in [0.1, 0.15) is 43.9 Å². The number of hydrogen-bond acceptors (Lipinski definition) is 2. The third kappa shape index (κ3) is 2.74. The molecule has 1 fully saturated rings. The van der Waals surface area contributed by atoms with Crippen LogP contribution >= 0.6 is 9.47 Å². The predicted molar refractivity (Wildman–Crippen MR) is 90.6 cm³/mol. The summed E-state index contributed by atoms with van der Waals surface area (Å²) in [7, 11) is 2.33. The fourth-order valence-electron chi connectivity index (χ4n) is 3.49. The molecule has 116 valence electrons. The molecule has 1 aromatic rings. The van der Waals surface area contributed by atoms with Gasteiger partial charge in [-0.15, -0.1) is 0 Å². The highest BCUT2D eigenvalue weighted by Crippen LogP contribution is 2.43. The second kappa shape index (κ2) is 5.70. The number of aryl methyl sites for hydroxylation is 1. The van der Waals surface area contributed by atoms with Gasteiger partial charge in [-0.05, 0) is 55.9 Å². The first-order valence-electron chi connectivity index (χ1n) is 7.45. The van der Waals surface area contributed by atoms with Gasteiger partial charge in [0.25, 0.3) is 0 Å². The van der Waals surface area contributed by atoms with E-state index < -0.39 is 0 Å². The Kier molecular flexibility index (Phi) is 4.46. The monoisotopic (exact) mass is 307 g/mol. The molecule has 1 aromatic carbocycles. The average molecular weight is 307 g/mol. The first-order chi connectivity index (χ1) is 9.70. The molecule has 0 aliphatic carbocycles. The SMILES string of the molecule is Cc1ccc(N2C(=O)CC(C)(C)[C@@H]2C(C)OP)c(C)c1C. The van der Waals surface area contributed by atoms with Crippen LogP contribution < -0.4 is 4.90 Å².